The van der Waals surface area contributed by atoms with E-state index >= 15 is 0 Å². The molecule has 0 aliphatic heterocycles. The van der Waals surface area contributed by atoms with Crippen LogP contribution in [0.1, 0.15) is 12.8 Å². The summed E-state index contributed by atoms with van der Waals surface area (Å²) in [6, 6.07) is 0. The first-order chi connectivity index (χ1) is 4.83. The molecule has 2 heteroatoms. The Morgan fingerprint density at radius 2 is 2.30 bits per heavy atom. The molecule has 1 aliphatic rings. The first kappa shape index (κ1) is 8.09. The van der Waals surface area contributed by atoms with E-state index in [2.05, 4.69) is 11.9 Å². The van der Waals surface area contributed by atoms with Gasteiger partial charge in [0.15, 0.2) is 0 Å². The molecule has 0 unspecified atom stereocenters. The Bertz CT molecular complexity index is 108. The van der Waals surface area contributed by atoms with Crippen molar-refractivity contribution in [3.63, 3.8) is 0 Å². The fourth-order valence-corrected chi connectivity index (χ4v) is 1.71. The highest BCUT2D eigenvalue weighted by Crippen LogP contribution is 2.30. The lowest BCUT2D eigenvalue weighted by Crippen LogP contribution is -2.33. The Morgan fingerprint density at radius 1 is 1.60 bits per heavy atom. The molecular formula is C8H14ClN. The second-order valence-corrected chi connectivity index (χ2v) is 3.50. The van der Waals surface area contributed by atoms with Crippen molar-refractivity contribution in [2.45, 2.75) is 18.2 Å². The number of nitrogens with one attached hydrogen (secondary N) is 1. The third-order valence-corrected chi connectivity index (χ3v) is 2.26. The molecule has 0 heterocycles. The largest absolute Gasteiger partial charge is 0.313 e. The Hall–Kier alpha value is -0.0100. The zero-order valence-electron chi connectivity index (χ0n) is 6.15. The van der Waals surface area contributed by atoms with E-state index in [1.165, 1.54) is 12.8 Å². The quantitative estimate of drug-likeness (QED) is 0.375. The SMILES string of the molecule is C=CCNCC1CC(Cl)C1. The van der Waals surface area contributed by atoms with E-state index in [1.54, 1.807) is 0 Å². The first-order valence-electron chi connectivity index (χ1n) is 3.78. The Balaban J connectivity index is 1.90. The predicted molar refractivity (Wildman–Crippen MR) is 45.4 cm³/mol. The van der Waals surface area contributed by atoms with Gasteiger partial charge in [0.1, 0.15) is 0 Å². The van der Waals surface area contributed by atoms with Gasteiger partial charge in [0.25, 0.3) is 0 Å². The van der Waals surface area contributed by atoms with Gasteiger partial charge in [-0.25, -0.2) is 0 Å². The van der Waals surface area contributed by atoms with Crippen molar-refractivity contribution in [2.24, 2.45) is 5.92 Å². The zero-order chi connectivity index (χ0) is 7.40. The van der Waals surface area contributed by atoms with E-state index in [9.17, 15) is 0 Å². The molecule has 0 spiro atoms. The predicted octanol–water partition coefficient (Wildman–Crippen LogP) is 1.78. The van der Waals surface area contributed by atoms with E-state index in [-0.39, 0.29) is 0 Å². The lowest BCUT2D eigenvalue weighted by Gasteiger charge is -2.30. The van der Waals surface area contributed by atoms with Crippen LogP contribution in [-0.4, -0.2) is 18.5 Å². The minimum Gasteiger partial charge on any atom is -0.313 e. The number of hydrogen-bond acceptors (Lipinski definition) is 1. The topological polar surface area (TPSA) is 12.0 Å². The molecule has 1 saturated carbocycles. The van der Waals surface area contributed by atoms with Crippen molar-refractivity contribution in [3.8, 4) is 0 Å². The number of halogens is 1. The van der Waals surface area contributed by atoms with Crippen molar-refractivity contribution < 1.29 is 0 Å². The van der Waals surface area contributed by atoms with Gasteiger partial charge in [-0.05, 0) is 25.3 Å². The third kappa shape index (κ3) is 2.31. The summed E-state index contributed by atoms with van der Waals surface area (Å²) >= 11 is 5.81. The van der Waals surface area contributed by atoms with Gasteiger partial charge in [0.2, 0.25) is 0 Å². The van der Waals surface area contributed by atoms with Crippen molar-refractivity contribution in [3.05, 3.63) is 12.7 Å². The molecule has 1 rings (SSSR count). The van der Waals surface area contributed by atoms with Crippen LogP contribution in [0.2, 0.25) is 0 Å². The van der Waals surface area contributed by atoms with Crippen molar-refractivity contribution in [1.29, 1.82) is 0 Å². The van der Waals surface area contributed by atoms with Crippen molar-refractivity contribution >= 4 is 11.6 Å². The van der Waals surface area contributed by atoms with Crippen LogP contribution in [0.4, 0.5) is 0 Å². The average Bonchev–Trinajstić information content (AvgIpc) is 1.85. The highest BCUT2D eigenvalue weighted by molar-refractivity contribution is 6.21. The third-order valence-electron chi connectivity index (χ3n) is 1.90. The van der Waals surface area contributed by atoms with Gasteiger partial charge in [0, 0.05) is 11.9 Å². The second kappa shape index (κ2) is 3.99. The molecule has 0 atom stereocenters. The molecule has 0 aromatic rings. The van der Waals surface area contributed by atoms with Crippen LogP contribution in [-0.2, 0) is 0 Å². The maximum atomic E-state index is 5.81. The van der Waals surface area contributed by atoms with E-state index in [0.29, 0.717) is 5.38 Å². The summed E-state index contributed by atoms with van der Waals surface area (Å²) in [7, 11) is 0. The van der Waals surface area contributed by atoms with Gasteiger partial charge >= 0.3 is 0 Å². The normalized spacial score (nSPS) is 31.3. The molecule has 1 N–H and O–H groups in total. The lowest BCUT2D eigenvalue weighted by atomic mass is 9.85. The molecule has 0 saturated heterocycles. The van der Waals surface area contributed by atoms with Crippen molar-refractivity contribution in [2.75, 3.05) is 13.1 Å². The van der Waals surface area contributed by atoms with Crippen LogP contribution in [0.5, 0.6) is 0 Å². The molecule has 1 nitrogen and oxygen atoms in total. The smallest absolute Gasteiger partial charge is 0.0342 e. The summed E-state index contributed by atoms with van der Waals surface area (Å²) in [4.78, 5) is 0. The number of rotatable bonds is 4. The lowest BCUT2D eigenvalue weighted by molar-refractivity contribution is 0.313. The van der Waals surface area contributed by atoms with E-state index in [0.717, 1.165) is 19.0 Å². The first-order valence-corrected chi connectivity index (χ1v) is 4.22. The summed E-state index contributed by atoms with van der Waals surface area (Å²) in [6.07, 6.45) is 4.26. The standard InChI is InChI=1S/C8H14ClN/c1-2-3-10-6-7-4-8(9)5-7/h2,7-8,10H,1,3-6H2. The molecule has 10 heavy (non-hydrogen) atoms. The molecule has 58 valence electrons. The summed E-state index contributed by atoms with van der Waals surface area (Å²) in [5.41, 5.74) is 0. The summed E-state index contributed by atoms with van der Waals surface area (Å²) in [5.74, 6) is 0.822. The number of hydrogen-bond donors (Lipinski definition) is 1. The Labute approximate surface area is 67.5 Å². The molecular weight excluding hydrogens is 146 g/mol. The van der Waals surface area contributed by atoms with Crippen LogP contribution in [0.25, 0.3) is 0 Å². The fourth-order valence-electron chi connectivity index (χ4n) is 1.21. The average molecular weight is 160 g/mol. The van der Waals surface area contributed by atoms with Crippen LogP contribution in [0.15, 0.2) is 12.7 Å². The van der Waals surface area contributed by atoms with E-state index < -0.39 is 0 Å². The summed E-state index contributed by atoms with van der Waals surface area (Å²) < 4.78 is 0. The highest BCUT2D eigenvalue weighted by Gasteiger charge is 2.26. The van der Waals surface area contributed by atoms with Crippen molar-refractivity contribution in [1.82, 2.24) is 5.32 Å². The summed E-state index contributed by atoms with van der Waals surface area (Å²) in [5, 5.41) is 3.74. The Kier molecular flexibility index (Phi) is 3.23. The van der Waals surface area contributed by atoms with Gasteiger partial charge in [-0.1, -0.05) is 6.08 Å². The van der Waals surface area contributed by atoms with Gasteiger partial charge in [-0.15, -0.1) is 18.2 Å². The zero-order valence-corrected chi connectivity index (χ0v) is 6.90. The summed E-state index contributed by atoms with van der Waals surface area (Å²) in [6.45, 7) is 5.65. The molecule has 1 fully saturated rings. The maximum absolute atomic E-state index is 5.81. The van der Waals surface area contributed by atoms with Crippen LogP contribution >= 0.6 is 11.6 Å². The molecule has 0 amide bonds. The monoisotopic (exact) mass is 159 g/mol. The van der Waals surface area contributed by atoms with Gasteiger partial charge in [-0.2, -0.15) is 0 Å². The van der Waals surface area contributed by atoms with E-state index in [1.807, 2.05) is 6.08 Å². The minimum atomic E-state index is 0.454. The van der Waals surface area contributed by atoms with E-state index in [4.69, 9.17) is 11.6 Å². The molecule has 0 bridgehead atoms. The second-order valence-electron chi connectivity index (χ2n) is 2.88. The Morgan fingerprint density at radius 3 is 2.80 bits per heavy atom. The fraction of sp³-hybridized carbons (Fsp3) is 0.750. The van der Waals surface area contributed by atoms with Crippen LogP contribution < -0.4 is 5.32 Å². The van der Waals surface area contributed by atoms with Gasteiger partial charge in [0.05, 0.1) is 0 Å². The molecule has 0 aromatic carbocycles. The maximum Gasteiger partial charge on any atom is 0.0342 e. The number of alkyl halides is 1. The molecule has 1 aliphatic carbocycles. The molecule has 0 aromatic heterocycles. The van der Waals surface area contributed by atoms with Crippen LogP contribution in [0, 0.1) is 5.92 Å². The molecule has 0 radical (unpaired) electrons. The minimum absolute atomic E-state index is 0.454. The highest BCUT2D eigenvalue weighted by atomic mass is 35.5. The van der Waals surface area contributed by atoms with Gasteiger partial charge in [-0.3, -0.25) is 0 Å². The van der Waals surface area contributed by atoms with Crippen LogP contribution in [0.3, 0.4) is 0 Å². The van der Waals surface area contributed by atoms with Gasteiger partial charge < -0.3 is 5.32 Å².